The lowest BCUT2D eigenvalue weighted by molar-refractivity contribution is 0.314. The van der Waals surface area contributed by atoms with Crippen molar-refractivity contribution in [2.75, 3.05) is 13.6 Å². The van der Waals surface area contributed by atoms with Gasteiger partial charge in [0.2, 0.25) is 5.88 Å². The zero-order chi connectivity index (χ0) is 17.6. The minimum absolute atomic E-state index is 0.0312. The Balaban J connectivity index is 2.07. The monoisotopic (exact) mass is 332 g/mol. The van der Waals surface area contributed by atoms with Crippen molar-refractivity contribution in [2.24, 2.45) is 5.18 Å². The van der Waals surface area contributed by atoms with Crippen molar-refractivity contribution in [3.8, 4) is 23.1 Å². The molecule has 124 valence electrons. The molecule has 0 bridgehead atoms. The van der Waals surface area contributed by atoms with E-state index in [0.29, 0.717) is 10.9 Å². The van der Waals surface area contributed by atoms with Crippen LogP contribution in [0.1, 0.15) is 16.7 Å². The first-order valence-corrected chi connectivity index (χ1v) is 8.04. The normalized spacial score (nSPS) is 14.2. The molecule has 6 nitrogen and oxygen atoms in total. The molecule has 4 rings (SSSR count). The molecule has 0 unspecified atom stereocenters. The van der Waals surface area contributed by atoms with E-state index in [4.69, 9.17) is 0 Å². The lowest BCUT2D eigenvalue weighted by Gasteiger charge is -2.27. The lowest BCUT2D eigenvalue weighted by atomic mass is 9.88. The number of nitrogens with one attached hydrogen (secondary N) is 1. The van der Waals surface area contributed by atoms with E-state index in [2.05, 4.69) is 21.1 Å². The summed E-state index contributed by atoms with van der Waals surface area (Å²) in [6, 6.07) is 11.5. The largest absolute Gasteiger partial charge is 0.493 e. The Hall–Kier alpha value is -3.17. The number of aromatic nitrogens is 1. The summed E-state index contributed by atoms with van der Waals surface area (Å²) < 4.78 is 0. The summed E-state index contributed by atoms with van der Waals surface area (Å²) in [6.45, 7) is 1.64. The molecule has 2 N–H and O–H groups in total. The maximum atomic E-state index is 11.2. The second-order valence-corrected chi connectivity index (χ2v) is 6.40. The number of hydrogen-bond acceptors (Lipinski definition) is 5. The fourth-order valence-corrected chi connectivity index (χ4v) is 3.63. The second-order valence-electron chi connectivity index (χ2n) is 6.40. The highest BCUT2D eigenvalue weighted by atomic mass is 16.3. The molecule has 6 heteroatoms. The van der Waals surface area contributed by atoms with E-state index in [1.807, 2.05) is 31.3 Å². The maximum absolute atomic E-state index is 11.2. The topological polar surface area (TPSA) is 92.5 Å². The third kappa shape index (κ3) is 2.37. The van der Waals surface area contributed by atoms with Crippen LogP contribution < -0.4 is 0 Å². The number of fused-ring (bicyclic) bond motifs is 3. The Morgan fingerprint density at radius 3 is 2.92 bits per heavy atom. The van der Waals surface area contributed by atoms with Crippen LogP contribution in [0.15, 0.2) is 35.5 Å². The molecule has 0 atom stereocenters. The van der Waals surface area contributed by atoms with Crippen LogP contribution in [0.5, 0.6) is 5.88 Å². The number of H-pyrrole nitrogens is 1. The van der Waals surface area contributed by atoms with Crippen LogP contribution in [0.4, 0.5) is 5.69 Å². The third-order valence-electron chi connectivity index (χ3n) is 4.84. The van der Waals surface area contributed by atoms with Crippen LogP contribution in [-0.2, 0) is 13.0 Å². The first-order chi connectivity index (χ1) is 12.1. The zero-order valence-electron chi connectivity index (χ0n) is 13.7. The van der Waals surface area contributed by atoms with Crippen molar-refractivity contribution in [2.45, 2.75) is 13.0 Å². The Kier molecular flexibility index (Phi) is 3.52. The lowest BCUT2D eigenvalue weighted by Crippen LogP contribution is -2.27. The van der Waals surface area contributed by atoms with Crippen LogP contribution in [-0.4, -0.2) is 28.6 Å². The number of likely N-dealkylation sites (N-methyl/N-ethyl adjacent to an activating group) is 1. The Labute approximate surface area is 144 Å². The van der Waals surface area contributed by atoms with Gasteiger partial charge in [-0.25, -0.2) is 0 Å². The number of aromatic hydroxyl groups is 1. The molecule has 1 aliphatic heterocycles. The van der Waals surface area contributed by atoms with Gasteiger partial charge in [-0.05, 0) is 59.1 Å². The van der Waals surface area contributed by atoms with E-state index in [-0.39, 0.29) is 11.6 Å². The predicted molar refractivity (Wildman–Crippen MR) is 95.6 cm³/mol. The van der Waals surface area contributed by atoms with Crippen molar-refractivity contribution >= 4 is 16.6 Å². The number of hydrogen-bond donors (Lipinski definition) is 2. The molecule has 0 amide bonds. The highest BCUT2D eigenvalue weighted by Crippen LogP contribution is 2.42. The number of nitriles is 1. The van der Waals surface area contributed by atoms with Gasteiger partial charge in [-0.2, -0.15) is 5.26 Å². The van der Waals surface area contributed by atoms with Crippen molar-refractivity contribution in [1.29, 1.82) is 5.26 Å². The van der Waals surface area contributed by atoms with Gasteiger partial charge in [0.05, 0.1) is 17.1 Å². The summed E-state index contributed by atoms with van der Waals surface area (Å²) in [5.41, 5.74) is 5.53. The molecule has 3 aromatic rings. The van der Waals surface area contributed by atoms with Crippen molar-refractivity contribution in [3.63, 3.8) is 0 Å². The number of aromatic amines is 1. The highest BCUT2D eigenvalue weighted by molar-refractivity contribution is 6.00. The second kappa shape index (κ2) is 5.72. The average Bonchev–Trinajstić information content (AvgIpc) is 2.96. The van der Waals surface area contributed by atoms with Crippen molar-refractivity contribution in [1.82, 2.24) is 9.88 Å². The van der Waals surface area contributed by atoms with Gasteiger partial charge in [-0.15, -0.1) is 4.91 Å². The molecular formula is C19H16N4O2. The van der Waals surface area contributed by atoms with Gasteiger partial charge in [0.1, 0.15) is 0 Å². The molecule has 0 spiro atoms. The Bertz CT molecular complexity index is 1050. The number of benzene rings is 2. The van der Waals surface area contributed by atoms with Crippen LogP contribution in [0.2, 0.25) is 0 Å². The molecule has 1 aliphatic rings. The van der Waals surface area contributed by atoms with E-state index in [1.165, 1.54) is 5.56 Å². The smallest absolute Gasteiger partial charge is 0.219 e. The quantitative estimate of drug-likeness (QED) is 0.698. The highest BCUT2D eigenvalue weighted by Gasteiger charge is 2.24. The summed E-state index contributed by atoms with van der Waals surface area (Å²) >= 11 is 0. The molecule has 2 aromatic carbocycles. The van der Waals surface area contributed by atoms with Crippen LogP contribution in [0.3, 0.4) is 0 Å². The molecule has 0 saturated heterocycles. The van der Waals surface area contributed by atoms with Gasteiger partial charge in [0.25, 0.3) is 0 Å². The molecule has 0 fully saturated rings. The third-order valence-corrected chi connectivity index (χ3v) is 4.84. The van der Waals surface area contributed by atoms with E-state index in [9.17, 15) is 15.3 Å². The molecule has 2 heterocycles. The summed E-state index contributed by atoms with van der Waals surface area (Å²) in [6.07, 6.45) is 0.859. The molecule has 0 radical (unpaired) electrons. The minimum Gasteiger partial charge on any atom is -0.493 e. The molecule has 0 saturated carbocycles. The molecular weight excluding hydrogens is 316 g/mol. The summed E-state index contributed by atoms with van der Waals surface area (Å²) in [7, 11) is 2.04. The predicted octanol–water partition coefficient (Wildman–Crippen LogP) is 3.80. The van der Waals surface area contributed by atoms with Crippen molar-refractivity contribution in [3.05, 3.63) is 51.9 Å². The van der Waals surface area contributed by atoms with E-state index in [1.54, 1.807) is 6.07 Å². The molecule has 0 aliphatic carbocycles. The van der Waals surface area contributed by atoms with Gasteiger partial charge in [0.15, 0.2) is 5.69 Å². The Morgan fingerprint density at radius 2 is 2.16 bits per heavy atom. The summed E-state index contributed by atoms with van der Waals surface area (Å²) in [5.74, 6) is -0.205. The van der Waals surface area contributed by atoms with Gasteiger partial charge in [0, 0.05) is 18.5 Å². The van der Waals surface area contributed by atoms with Gasteiger partial charge in [-0.3, -0.25) is 0 Å². The van der Waals surface area contributed by atoms with Gasteiger partial charge < -0.3 is 15.0 Å². The van der Waals surface area contributed by atoms with E-state index >= 15 is 0 Å². The molecule has 25 heavy (non-hydrogen) atoms. The average molecular weight is 332 g/mol. The van der Waals surface area contributed by atoms with Gasteiger partial charge in [-0.1, -0.05) is 12.1 Å². The SMILES string of the molecule is CN1CCc2c(-c3cccc(C#N)c3)cc3c(N=O)c(O)[nH]c3c2C1. The number of rotatable bonds is 2. The van der Waals surface area contributed by atoms with E-state index < -0.39 is 0 Å². The number of nitroso groups, excluding NO2 is 1. The maximum Gasteiger partial charge on any atom is 0.219 e. The first kappa shape index (κ1) is 15.4. The Morgan fingerprint density at radius 1 is 1.32 bits per heavy atom. The van der Waals surface area contributed by atoms with Crippen LogP contribution >= 0.6 is 0 Å². The first-order valence-electron chi connectivity index (χ1n) is 8.04. The van der Waals surface area contributed by atoms with Crippen molar-refractivity contribution < 1.29 is 5.11 Å². The molecule has 1 aromatic heterocycles. The zero-order valence-corrected chi connectivity index (χ0v) is 13.7. The fourth-order valence-electron chi connectivity index (χ4n) is 3.63. The number of nitrogens with zero attached hydrogens (tertiary/aromatic N) is 3. The van der Waals surface area contributed by atoms with Gasteiger partial charge >= 0.3 is 0 Å². The van der Waals surface area contributed by atoms with Crippen LogP contribution in [0, 0.1) is 16.2 Å². The van der Waals surface area contributed by atoms with E-state index in [0.717, 1.165) is 41.7 Å². The summed E-state index contributed by atoms with van der Waals surface area (Å²) in [4.78, 5) is 16.3. The standard InChI is InChI=1S/C19H16N4O2/c1-23-6-5-13-14(12-4-2-3-11(7-12)9-20)8-15-17(16(13)10-23)21-19(24)18(15)22-25/h2-4,7-8,21,24H,5-6,10H2,1H3. The van der Waals surface area contributed by atoms with Crippen LogP contribution in [0.25, 0.3) is 22.0 Å². The summed E-state index contributed by atoms with van der Waals surface area (Å²) in [5, 5.41) is 22.8. The minimum atomic E-state index is -0.205. The fraction of sp³-hybridized carbons (Fsp3) is 0.211.